The van der Waals surface area contributed by atoms with Crippen LogP contribution in [0.3, 0.4) is 0 Å². The maximum atomic E-state index is 3.49. The molecule has 0 aromatic heterocycles. The first kappa shape index (κ1) is 9.44. The van der Waals surface area contributed by atoms with Gasteiger partial charge in [0.05, 0.1) is 0 Å². The number of rotatable bonds is 3. The first-order valence-electron chi connectivity index (χ1n) is 5.59. The molecule has 0 aliphatic carbocycles. The van der Waals surface area contributed by atoms with Crippen molar-refractivity contribution in [3.8, 4) is 0 Å². The van der Waals surface area contributed by atoms with Gasteiger partial charge in [-0.25, -0.2) is 0 Å². The highest BCUT2D eigenvalue weighted by atomic mass is 15.3. The van der Waals surface area contributed by atoms with Gasteiger partial charge in [0.1, 0.15) is 0 Å². The summed E-state index contributed by atoms with van der Waals surface area (Å²) in [5, 5.41) is 6.85. The number of hydrogen-bond donors (Lipinski definition) is 2. The van der Waals surface area contributed by atoms with Crippen molar-refractivity contribution >= 4 is 0 Å². The van der Waals surface area contributed by atoms with Gasteiger partial charge in [0.25, 0.3) is 0 Å². The lowest BCUT2D eigenvalue weighted by atomic mass is 10.0. The molecule has 13 heavy (non-hydrogen) atoms. The van der Waals surface area contributed by atoms with E-state index in [1.807, 2.05) is 0 Å². The minimum atomic E-state index is 0.797. The fourth-order valence-electron chi connectivity index (χ4n) is 2.37. The predicted octanol–water partition coefficient (Wildman–Crippen LogP) is 0.0321. The third-order valence-corrected chi connectivity index (χ3v) is 3.25. The van der Waals surface area contributed by atoms with Crippen LogP contribution in [0.1, 0.15) is 19.8 Å². The summed E-state index contributed by atoms with van der Waals surface area (Å²) in [6, 6.07) is 1.63. The zero-order chi connectivity index (χ0) is 9.10. The molecule has 1 unspecified atom stereocenters. The first-order chi connectivity index (χ1) is 6.42. The number of nitrogens with one attached hydrogen (secondary N) is 2. The van der Waals surface area contributed by atoms with E-state index < -0.39 is 0 Å². The Bertz CT molecular complexity index is 154. The molecule has 2 saturated heterocycles. The lowest BCUT2D eigenvalue weighted by molar-refractivity contribution is 0.0695. The summed E-state index contributed by atoms with van der Waals surface area (Å²) in [7, 11) is 0. The van der Waals surface area contributed by atoms with Gasteiger partial charge in [0, 0.05) is 44.8 Å². The number of piperazine rings is 1. The first-order valence-corrected chi connectivity index (χ1v) is 5.59. The van der Waals surface area contributed by atoms with E-state index in [4.69, 9.17) is 0 Å². The molecule has 2 aliphatic rings. The lowest BCUT2D eigenvalue weighted by Gasteiger charge is -2.45. The van der Waals surface area contributed by atoms with Crippen LogP contribution in [0.25, 0.3) is 0 Å². The molecule has 2 rings (SSSR count). The summed E-state index contributed by atoms with van der Waals surface area (Å²) in [4.78, 5) is 2.70. The monoisotopic (exact) mass is 183 g/mol. The van der Waals surface area contributed by atoms with Crippen molar-refractivity contribution in [1.29, 1.82) is 0 Å². The molecule has 0 radical (unpaired) electrons. The molecule has 76 valence electrons. The van der Waals surface area contributed by atoms with E-state index in [1.165, 1.54) is 45.6 Å². The minimum absolute atomic E-state index is 0.797. The fourth-order valence-corrected chi connectivity index (χ4v) is 2.37. The van der Waals surface area contributed by atoms with E-state index in [0.29, 0.717) is 0 Å². The van der Waals surface area contributed by atoms with Crippen LogP contribution in [0.4, 0.5) is 0 Å². The molecule has 0 aromatic carbocycles. The van der Waals surface area contributed by atoms with E-state index in [9.17, 15) is 0 Å². The number of hydrogen-bond acceptors (Lipinski definition) is 3. The summed E-state index contributed by atoms with van der Waals surface area (Å²) >= 11 is 0. The predicted molar refractivity (Wildman–Crippen MR) is 54.9 cm³/mol. The van der Waals surface area contributed by atoms with Crippen LogP contribution in [0.5, 0.6) is 0 Å². The zero-order valence-corrected chi connectivity index (χ0v) is 8.55. The average Bonchev–Trinajstić information content (AvgIpc) is 2.05. The van der Waals surface area contributed by atoms with E-state index in [1.54, 1.807) is 0 Å². The van der Waals surface area contributed by atoms with Gasteiger partial charge in [-0.2, -0.15) is 0 Å². The Morgan fingerprint density at radius 3 is 2.69 bits per heavy atom. The van der Waals surface area contributed by atoms with Crippen molar-refractivity contribution in [1.82, 2.24) is 15.5 Å². The van der Waals surface area contributed by atoms with Crippen molar-refractivity contribution in [2.24, 2.45) is 0 Å². The molecule has 0 aromatic rings. The van der Waals surface area contributed by atoms with Gasteiger partial charge in [-0.15, -0.1) is 0 Å². The standard InChI is InChI=1S/C10H21N3/c1-2-3-9-6-11-4-5-13(9)10-7-12-8-10/h9-12H,2-8H2,1H3. The van der Waals surface area contributed by atoms with Gasteiger partial charge >= 0.3 is 0 Å². The van der Waals surface area contributed by atoms with E-state index >= 15 is 0 Å². The van der Waals surface area contributed by atoms with Gasteiger partial charge in [-0.05, 0) is 6.42 Å². The van der Waals surface area contributed by atoms with Gasteiger partial charge in [-0.1, -0.05) is 13.3 Å². The molecule has 2 heterocycles. The van der Waals surface area contributed by atoms with Crippen LogP contribution in [0.15, 0.2) is 0 Å². The average molecular weight is 183 g/mol. The zero-order valence-electron chi connectivity index (χ0n) is 8.55. The fraction of sp³-hybridized carbons (Fsp3) is 1.00. The molecule has 3 heteroatoms. The summed E-state index contributed by atoms with van der Waals surface area (Å²) in [5.41, 5.74) is 0. The molecular formula is C10H21N3. The topological polar surface area (TPSA) is 27.3 Å². The second kappa shape index (κ2) is 4.40. The summed E-state index contributed by atoms with van der Waals surface area (Å²) in [6.07, 6.45) is 2.66. The van der Waals surface area contributed by atoms with Crippen LogP contribution in [-0.4, -0.2) is 49.7 Å². The molecule has 0 spiro atoms. The normalized spacial score (nSPS) is 31.6. The molecule has 2 N–H and O–H groups in total. The Kier molecular flexibility index (Phi) is 3.19. The van der Waals surface area contributed by atoms with Crippen LogP contribution in [0, 0.1) is 0 Å². The highest BCUT2D eigenvalue weighted by Gasteiger charge is 2.31. The summed E-state index contributed by atoms with van der Waals surface area (Å²) < 4.78 is 0. The van der Waals surface area contributed by atoms with Gasteiger partial charge < -0.3 is 10.6 Å². The lowest BCUT2D eigenvalue weighted by Crippen LogP contribution is -2.64. The third kappa shape index (κ3) is 2.03. The minimum Gasteiger partial charge on any atom is -0.314 e. The third-order valence-electron chi connectivity index (χ3n) is 3.25. The molecule has 2 aliphatic heterocycles. The molecule has 1 atom stereocenters. The Morgan fingerprint density at radius 2 is 2.08 bits per heavy atom. The SMILES string of the molecule is CCCC1CNCCN1C1CNC1. The van der Waals surface area contributed by atoms with E-state index in [-0.39, 0.29) is 0 Å². The Hall–Kier alpha value is -0.120. The Morgan fingerprint density at radius 1 is 1.23 bits per heavy atom. The quantitative estimate of drug-likeness (QED) is 0.646. The van der Waals surface area contributed by atoms with Gasteiger partial charge in [0.2, 0.25) is 0 Å². The second-order valence-electron chi connectivity index (χ2n) is 4.20. The largest absolute Gasteiger partial charge is 0.314 e. The molecule has 2 fully saturated rings. The molecule has 0 amide bonds. The molecule has 0 saturated carbocycles. The maximum absolute atomic E-state index is 3.49. The Labute approximate surface area is 80.9 Å². The highest BCUT2D eigenvalue weighted by Crippen LogP contribution is 2.15. The van der Waals surface area contributed by atoms with E-state index in [2.05, 4.69) is 22.5 Å². The second-order valence-corrected chi connectivity index (χ2v) is 4.20. The molecular weight excluding hydrogens is 162 g/mol. The van der Waals surface area contributed by atoms with E-state index in [0.717, 1.165) is 12.1 Å². The van der Waals surface area contributed by atoms with Gasteiger partial charge in [0.15, 0.2) is 0 Å². The summed E-state index contributed by atoms with van der Waals surface area (Å²) in [6.45, 7) is 8.32. The van der Waals surface area contributed by atoms with Crippen molar-refractivity contribution in [2.45, 2.75) is 31.8 Å². The van der Waals surface area contributed by atoms with Crippen LogP contribution in [-0.2, 0) is 0 Å². The van der Waals surface area contributed by atoms with Crippen molar-refractivity contribution in [3.05, 3.63) is 0 Å². The number of nitrogens with zero attached hydrogens (tertiary/aromatic N) is 1. The molecule has 3 nitrogen and oxygen atoms in total. The smallest absolute Gasteiger partial charge is 0.0349 e. The van der Waals surface area contributed by atoms with Gasteiger partial charge in [-0.3, -0.25) is 4.90 Å². The maximum Gasteiger partial charge on any atom is 0.0349 e. The summed E-state index contributed by atoms with van der Waals surface area (Å²) in [5.74, 6) is 0. The Balaban J connectivity index is 1.87. The van der Waals surface area contributed by atoms with Crippen molar-refractivity contribution in [2.75, 3.05) is 32.7 Å². The van der Waals surface area contributed by atoms with Crippen LogP contribution < -0.4 is 10.6 Å². The van der Waals surface area contributed by atoms with Crippen molar-refractivity contribution < 1.29 is 0 Å². The van der Waals surface area contributed by atoms with Crippen LogP contribution >= 0.6 is 0 Å². The highest BCUT2D eigenvalue weighted by molar-refractivity contribution is 4.91. The molecule has 0 bridgehead atoms. The van der Waals surface area contributed by atoms with Crippen LogP contribution in [0.2, 0.25) is 0 Å². The van der Waals surface area contributed by atoms with Crippen molar-refractivity contribution in [3.63, 3.8) is 0 Å².